The van der Waals surface area contributed by atoms with Gasteiger partial charge in [-0.05, 0) is 108 Å². The molecule has 0 fully saturated rings. The highest BCUT2D eigenvalue weighted by atomic mass is 32.7. The maximum atomic E-state index is 12.2. The first-order valence-electron chi connectivity index (χ1n) is 15.9. The average molecular weight is 741 g/mol. The number of aromatic nitrogens is 2. The number of pyridine rings is 2. The van der Waals surface area contributed by atoms with E-state index < -0.39 is 32.0 Å². The molecule has 2 unspecified atom stereocenters. The summed E-state index contributed by atoms with van der Waals surface area (Å²) >= 11 is 1.40. The molecule has 2 heterocycles. The van der Waals surface area contributed by atoms with E-state index in [0.29, 0.717) is 17.4 Å². The maximum Gasteiger partial charge on any atom is 0.323 e. The fourth-order valence-corrected chi connectivity index (χ4v) is 9.71. The predicted octanol–water partition coefficient (Wildman–Crippen LogP) is 8.04. The highest BCUT2D eigenvalue weighted by molar-refractivity contribution is 8.59. The molecule has 0 aliphatic carbocycles. The molecule has 2 N–H and O–H groups in total. The summed E-state index contributed by atoms with van der Waals surface area (Å²) in [4.78, 5) is 32.7. The van der Waals surface area contributed by atoms with Gasteiger partial charge in [-0.15, -0.1) is 0 Å². The maximum absolute atomic E-state index is 12.2. The van der Waals surface area contributed by atoms with E-state index >= 15 is 0 Å². The van der Waals surface area contributed by atoms with Gasteiger partial charge in [0.25, 0.3) is 7.49 Å². The molecule has 14 heteroatoms. The van der Waals surface area contributed by atoms with Gasteiger partial charge < -0.3 is 23.0 Å². The number of carbonyl (C=O) groups excluding carboxylic acids is 2. The second-order valence-corrected chi connectivity index (χ2v) is 18.0. The number of carbonyl (C=O) groups is 2. The molecular formula is C36H46N4O7P2S. The van der Waals surface area contributed by atoms with Crippen molar-refractivity contribution in [1.29, 1.82) is 0 Å². The van der Waals surface area contributed by atoms with Crippen LogP contribution in [0.25, 0.3) is 0 Å². The Kier molecular flexibility index (Phi) is 16.1. The molecule has 0 spiro atoms. The van der Waals surface area contributed by atoms with Crippen molar-refractivity contribution in [3.63, 3.8) is 0 Å². The van der Waals surface area contributed by atoms with Crippen LogP contribution in [0.3, 0.4) is 0 Å². The van der Waals surface area contributed by atoms with E-state index in [1.165, 1.54) is 11.4 Å². The lowest BCUT2D eigenvalue weighted by Gasteiger charge is -2.28. The monoisotopic (exact) mass is 740 g/mol. The molecule has 2 aromatic heterocycles. The third-order valence-corrected chi connectivity index (χ3v) is 11.7. The molecule has 4 rings (SSSR count). The molecule has 4 atom stereocenters. The van der Waals surface area contributed by atoms with Gasteiger partial charge in [0.05, 0.1) is 12.2 Å². The van der Waals surface area contributed by atoms with Gasteiger partial charge in [0.2, 0.25) is 5.88 Å². The fraction of sp³-hybridized carbons (Fsp3) is 0.278. The van der Waals surface area contributed by atoms with Crippen LogP contribution in [0.2, 0.25) is 0 Å². The van der Waals surface area contributed by atoms with Crippen LogP contribution in [-0.4, -0.2) is 58.8 Å². The highest BCUT2D eigenvalue weighted by Gasteiger charge is 2.28. The Morgan fingerprint density at radius 1 is 0.620 bits per heavy atom. The van der Waals surface area contributed by atoms with Crippen LogP contribution in [0.4, 0.5) is 0 Å². The van der Waals surface area contributed by atoms with Crippen LogP contribution < -0.4 is 23.7 Å². The number of nitrogens with one attached hydrogen (secondary N) is 2. The minimum Gasteiger partial charge on any atom is -0.462 e. The van der Waals surface area contributed by atoms with Gasteiger partial charge in [0.1, 0.15) is 28.6 Å². The van der Waals surface area contributed by atoms with Crippen molar-refractivity contribution in [2.75, 3.05) is 0 Å². The van der Waals surface area contributed by atoms with Gasteiger partial charge in [-0.2, -0.15) is 0 Å². The summed E-state index contributed by atoms with van der Waals surface area (Å²) in [6.45, 7) is 8.14. The van der Waals surface area contributed by atoms with Crippen molar-refractivity contribution in [2.24, 2.45) is 0 Å². The summed E-state index contributed by atoms with van der Waals surface area (Å²) in [6.07, 6.45) is 11.3. The Balaban J connectivity index is 0.000000270. The zero-order valence-electron chi connectivity index (χ0n) is 29.2. The lowest BCUT2D eigenvalue weighted by Crippen LogP contribution is -2.37. The summed E-state index contributed by atoms with van der Waals surface area (Å²) in [5, 5.41) is 7.03. The van der Waals surface area contributed by atoms with Crippen LogP contribution in [0.5, 0.6) is 17.4 Å². The van der Waals surface area contributed by atoms with E-state index in [2.05, 4.69) is 32.7 Å². The second-order valence-electron chi connectivity index (χ2n) is 11.3. The summed E-state index contributed by atoms with van der Waals surface area (Å²) < 4.78 is 28.5. The molecule has 0 radical (unpaired) electrons. The topological polar surface area (TPSA) is 130 Å². The number of nitrogens with zero attached hydrogens (tertiary/aromatic N) is 2. The number of hydrogen-bond acceptors (Lipinski definition) is 12. The second kappa shape index (κ2) is 20.0. The third kappa shape index (κ3) is 14.8. The van der Waals surface area contributed by atoms with Crippen molar-refractivity contribution in [3.8, 4) is 17.4 Å². The van der Waals surface area contributed by atoms with Gasteiger partial charge in [0, 0.05) is 18.5 Å². The van der Waals surface area contributed by atoms with Gasteiger partial charge in [-0.3, -0.25) is 9.59 Å². The normalized spacial score (nSPS) is 14.5. The molecule has 4 aromatic rings. The minimum atomic E-state index is -2.93. The van der Waals surface area contributed by atoms with Gasteiger partial charge in [0.15, 0.2) is 6.47 Å². The lowest BCUT2D eigenvalue weighted by atomic mass is 10.3. The number of para-hydroxylation sites is 2. The largest absolute Gasteiger partial charge is 0.462 e. The standard InChI is InChI=1S/C18H23N2O4P.C18H23N2O3PS/c1-14(2)22-18(21)15(3)20-25(4,23-16-10-6-5-7-11-16)24-17-12-8-9-13-19-17;1-14(2)22-18(21)15(3)20-24(4,23-16-10-6-5-7-11-16)25-17-12-8-9-13-19-17/h2*5-15,20H,4H2,1-3H3/t15-,25?;15-,24?/m00/s1. The van der Waals surface area contributed by atoms with E-state index in [1.54, 1.807) is 70.4 Å². The number of benzene rings is 2. The van der Waals surface area contributed by atoms with Crippen molar-refractivity contribution in [1.82, 2.24) is 20.1 Å². The number of rotatable bonds is 16. The highest BCUT2D eigenvalue weighted by Crippen LogP contribution is 2.58. The van der Waals surface area contributed by atoms with Gasteiger partial charge in [-0.1, -0.05) is 48.5 Å². The average Bonchev–Trinajstić information content (AvgIpc) is 3.06. The Labute approximate surface area is 299 Å². The SMILES string of the molecule is C=P(N[C@@H](C)C(=O)OC(C)C)(Oc1ccccc1)Oc1ccccn1.C=P(N[C@@H](C)C(=O)OC(C)C)(Oc1ccccc1)Sc1ccccn1. The lowest BCUT2D eigenvalue weighted by molar-refractivity contribution is -0.149. The molecular weight excluding hydrogens is 694 g/mol. The fourth-order valence-electron chi connectivity index (χ4n) is 3.91. The Bertz CT molecular complexity index is 1490. The summed E-state index contributed by atoms with van der Waals surface area (Å²) in [7, 11) is -2.93. The number of esters is 2. The zero-order chi connectivity index (χ0) is 36.6. The number of hydrogen-bond donors (Lipinski definition) is 2. The Hall–Kier alpha value is -4.05. The minimum absolute atomic E-state index is 0.173. The van der Waals surface area contributed by atoms with Crippen molar-refractivity contribution < 1.29 is 32.6 Å². The molecule has 50 heavy (non-hydrogen) atoms. The molecule has 0 saturated carbocycles. The first-order chi connectivity index (χ1) is 23.8. The van der Waals surface area contributed by atoms with Crippen LogP contribution in [0.15, 0.2) is 114 Å². The van der Waals surface area contributed by atoms with Crippen LogP contribution >= 0.6 is 25.3 Å². The molecule has 268 valence electrons. The van der Waals surface area contributed by atoms with E-state index in [4.69, 9.17) is 23.0 Å². The van der Waals surface area contributed by atoms with E-state index in [9.17, 15) is 9.59 Å². The molecule has 2 aromatic carbocycles. The predicted molar refractivity (Wildman–Crippen MR) is 205 cm³/mol. The summed E-state index contributed by atoms with van der Waals surface area (Å²) in [6, 6.07) is 28.3. The van der Waals surface area contributed by atoms with Crippen LogP contribution in [-0.2, 0) is 19.1 Å². The molecule has 0 aliphatic heterocycles. The first-order valence-corrected chi connectivity index (χ1v) is 21.0. The molecule has 0 bridgehead atoms. The quantitative estimate of drug-likeness (QED) is 0.0852. The summed E-state index contributed by atoms with van der Waals surface area (Å²) in [5.41, 5.74) is 0. The van der Waals surface area contributed by atoms with Crippen molar-refractivity contribution in [3.05, 3.63) is 109 Å². The van der Waals surface area contributed by atoms with Crippen LogP contribution in [0.1, 0.15) is 41.5 Å². The molecule has 11 nitrogen and oxygen atoms in total. The Morgan fingerprint density at radius 3 is 1.58 bits per heavy atom. The van der Waals surface area contributed by atoms with Gasteiger partial charge in [-0.25, -0.2) is 20.1 Å². The van der Waals surface area contributed by atoms with Gasteiger partial charge >= 0.3 is 11.9 Å². The Morgan fingerprint density at radius 2 is 1.10 bits per heavy atom. The molecule has 0 amide bonds. The van der Waals surface area contributed by atoms with E-state index in [0.717, 1.165) is 5.03 Å². The van der Waals surface area contributed by atoms with Crippen molar-refractivity contribution >= 4 is 49.9 Å². The van der Waals surface area contributed by atoms with E-state index in [-0.39, 0.29) is 18.2 Å². The smallest absolute Gasteiger partial charge is 0.323 e. The van der Waals surface area contributed by atoms with E-state index in [1.807, 2.05) is 80.6 Å². The number of ether oxygens (including phenoxy) is 2. The first kappa shape index (κ1) is 40.4. The molecule has 0 saturated heterocycles. The van der Waals surface area contributed by atoms with Crippen LogP contribution in [0, 0.1) is 0 Å². The molecule has 0 aliphatic rings. The summed E-state index contributed by atoms with van der Waals surface area (Å²) in [5.74, 6) is 0.897. The zero-order valence-corrected chi connectivity index (χ0v) is 31.8. The van der Waals surface area contributed by atoms with Crippen molar-refractivity contribution in [2.45, 2.75) is 70.9 Å². The third-order valence-electron chi connectivity index (χ3n) is 5.94.